The van der Waals surface area contributed by atoms with Gasteiger partial charge in [-0.3, -0.25) is 4.79 Å². The summed E-state index contributed by atoms with van der Waals surface area (Å²) in [5, 5.41) is 1.32. The summed E-state index contributed by atoms with van der Waals surface area (Å²) < 4.78 is 0. The number of hydrogen-bond acceptors (Lipinski definition) is 5. The molecule has 1 amide bonds. The Balaban J connectivity index is 1.54. The molecule has 0 aromatic carbocycles. The van der Waals surface area contributed by atoms with Crippen LogP contribution in [0.25, 0.3) is 10.2 Å². The quantitative estimate of drug-likeness (QED) is 0.734. The number of carbonyl (C=O) groups is 1. The van der Waals surface area contributed by atoms with Crippen LogP contribution in [-0.4, -0.2) is 47.0 Å². The summed E-state index contributed by atoms with van der Waals surface area (Å²) in [6, 6.07) is 0. The van der Waals surface area contributed by atoms with Gasteiger partial charge in [0.25, 0.3) is 0 Å². The Hall–Kier alpha value is -1.69. The molecule has 1 aliphatic heterocycles. The largest absolute Gasteiger partial charge is 0.352 e. The lowest BCUT2D eigenvalue weighted by Crippen LogP contribution is -2.48. The zero-order valence-electron chi connectivity index (χ0n) is 18.1. The minimum atomic E-state index is 0.178. The minimum absolute atomic E-state index is 0.178. The van der Waals surface area contributed by atoms with Gasteiger partial charge in [0.15, 0.2) is 0 Å². The molecule has 1 saturated carbocycles. The van der Waals surface area contributed by atoms with Crippen molar-refractivity contribution in [1.82, 2.24) is 14.9 Å². The third-order valence-corrected chi connectivity index (χ3v) is 8.25. The average Bonchev–Trinajstić information content (AvgIpc) is 3.47. The lowest BCUT2D eigenvalue weighted by atomic mass is 9.72. The average molecular weight is 413 g/mol. The molecule has 0 unspecified atom stereocenters. The van der Waals surface area contributed by atoms with Gasteiger partial charge in [-0.25, -0.2) is 9.97 Å². The number of piperazine rings is 1. The normalized spacial score (nSPS) is 22.8. The number of amides is 1. The van der Waals surface area contributed by atoms with Crippen LogP contribution in [0.15, 0.2) is 0 Å². The Kier molecular flexibility index (Phi) is 4.61. The van der Waals surface area contributed by atoms with Crippen molar-refractivity contribution in [3.8, 4) is 0 Å². The first kappa shape index (κ1) is 19.3. The zero-order valence-corrected chi connectivity index (χ0v) is 18.9. The molecule has 156 valence electrons. The van der Waals surface area contributed by atoms with Gasteiger partial charge in [-0.1, -0.05) is 20.8 Å². The summed E-state index contributed by atoms with van der Waals surface area (Å²) in [5.41, 5.74) is 1.86. The van der Waals surface area contributed by atoms with Crippen LogP contribution < -0.4 is 4.90 Å². The third-order valence-electron chi connectivity index (χ3n) is 7.10. The van der Waals surface area contributed by atoms with E-state index in [9.17, 15) is 4.79 Å². The lowest BCUT2D eigenvalue weighted by Gasteiger charge is -2.36. The van der Waals surface area contributed by atoms with Crippen molar-refractivity contribution in [2.24, 2.45) is 11.3 Å². The number of nitrogens with zero attached hydrogens (tertiary/aromatic N) is 4. The summed E-state index contributed by atoms with van der Waals surface area (Å²) in [6.07, 6.45) is 6.02. The highest BCUT2D eigenvalue weighted by molar-refractivity contribution is 7.19. The Morgan fingerprint density at radius 1 is 1.07 bits per heavy atom. The van der Waals surface area contributed by atoms with Crippen LogP contribution in [0.5, 0.6) is 0 Å². The molecule has 0 N–H and O–H groups in total. The zero-order chi connectivity index (χ0) is 20.3. The Morgan fingerprint density at radius 3 is 2.41 bits per heavy atom. The van der Waals surface area contributed by atoms with Gasteiger partial charge >= 0.3 is 0 Å². The number of aryl methyl sites for hydroxylation is 1. The summed E-state index contributed by atoms with van der Waals surface area (Å²) in [5.74, 6) is 3.66. The molecule has 2 aliphatic carbocycles. The van der Waals surface area contributed by atoms with Crippen molar-refractivity contribution in [2.75, 3.05) is 31.1 Å². The van der Waals surface area contributed by atoms with Crippen molar-refractivity contribution >= 4 is 33.3 Å². The molecular weight excluding hydrogens is 380 g/mol. The lowest BCUT2D eigenvalue weighted by molar-refractivity contribution is -0.129. The Labute approximate surface area is 177 Å². The van der Waals surface area contributed by atoms with Gasteiger partial charge in [-0.2, -0.15) is 0 Å². The van der Waals surface area contributed by atoms with Crippen molar-refractivity contribution in [3.05, 3.63) is 16.3 Å². The van der Waals surface area contributed by atoms with Gasteiger partial charge in [-0.05, 0) is 49.0 Å². The molecule has 3 heterocycles. The second-order valence-electron chi connectivity index (χ2n) is 10.2. The molecule has 2 fully saturated rings. The molecule has 3 aliphatic rings. The first-order chi connectivity index (χ1) is 13.8. The highest BCUT2D eigenvalue weighted by atomic mass is 32.1. The van der Waals surface area contributed by atoms with E-state index in [1.54, 1.807) is 6.92 Å². The number of hydrogen-bond donors (Lipinski definition) is 0. The van der Waals surface area contributed by atoms with E-state index >= 15 is 0 Å². The molecule has 0 bridgehead atoms. The van der Waals surface area contributed by atoms with E-state index in [4.69, 9.17) is 9.97 Å². The van der Waals surface area contributed by atoms with Crippen molar-refractivity contribution in [1.29, 1.82) is 0 Å². The van der Waals surface area contributed by atoms with Gasteiger partial charge in [0.1, 0.15) is 16.5 Å². The monoisotopic (exact) mass is 412 g/mol. The summed E-state index contributed by atoms with van der Waals surface area (Å²) >= 11 is 1.92. The van der Waals surface area contributed by atoms with Crippen LogP contribution in [0, 0.1) is 11.3 Å². The van der Waals surface area contributed by atoms with Gasteiger partial charge in [0.05, 0.1) is 5.39 Å². The second-order valence-corrected chi connectivity index (χ2v) is 11.2. The Bertz CT molecular complexity index is 948. The van der Waals surface area contributed by atoms with E-state index in [2.05, 4.69) is 25.7 Å². The predicted molar refractivity (Wildman–Crippen MR) is 119 cm³/mol. The second kappa shape index (κ2) is 6.93. The predicted octanol–water partition coefficient (Wildman–Crippen LogP) is 4.39. The van der Waals surface area contributed by atoms with E-state index in [1.165, 1.54) is 46.3 Å². The third kappa shape index (κ3) is 3.54. The van der Waals surface area contributed by atoms with Crippen molar-refractivity contribution < 1.29 is 4.79 Å². The number of anilines is 1. The van der Waals surface area contributed by atoms with Crippen LogP contribution in [0.3, 0.4) is 0 Å². The molecule has 0 radical (unpaired) electrons. The van der Waals surface area contributed by atoms with Crippen LogP contribution in [0.2, 0.25) is 0 Å². The summed E-state index contributed by atoms with van der Waals surface area (Å²) in [4.78, 5) is 29.0. The van der Waals surface area contributed by atoms with Crippen LogP contribution >= 0.6 is 11.3 Å². The molecule has 2 aromatic heterocycles. The number of carbonyl (C=O) groups excluding carboxylic acids is 1. The van der Waals surface area contributed by atoms with Gasteiger partial charge in [0, 0.05) is 43.9 Å². The number of fused-ring (bicyclic) bond motifs is 3. The van der Waals surface area contributed by atoms with Crippen molar-refractivity contribution in [3.63, 3.8) is 0 Å². The van der Waals surface area contributed by atoms with Gasteiger partial charge in [-0.15, -0.1) is 11.3 Å². The molecular formula is C23H32N4OS. The standard InChI is InChI=1S/C23H32N4OS/c1-14(28)26-9-11-27(12-10-26)21-19-17-8-7-16(23(2,3)4)13-18(17)29-22(19)25-20(24-21)15-5-6-15/h15-16H,5-13H2,1-4H3/t16-/m0/s1. The smallest absolute Gasteiger partial charge is 0.219 e. The maximum Gasteiger partial charge on any atom is 0.219 e. The van der Waals surface area contributed by atoms with Gasteiger partial charge < -0.3 is 9.80 Å². The maximum atomic E-state index is 11.8. The van der Waals surface area contributed by atoms with E-state index in [-0.39, 0.29) is 5.91 Å². The molecule has 2 aromatic rings. The summed E-state index contributed by atoms with van der Waals surface area (Å²) in [6.45, 7) is 12.1. The molecule has 0 spiro atoms. The SMILES string of the molecule is CC(=O)N1CCN(c2nc(C3CC3)nc3sc4c(c23)CC[C@H](C(C)(C)C)C4)CC1. The molecule has 29 heavy (non-hydrogen) atoms. The molecule has 5 nitrogen and oxygen atoms in total. The van der Waals surface area contributed by atoms with Crippen LogP contribution in [0.1, 0.15) is 69.1 Å². The number of aromatic nitrogens is 2. The van der Waals surface area contributed by atoms with E-state index in [0.717, 1.165) is 50.2 Å². The minimum Gasteiger partial charge on any atom is -0.352 e. The fourth-order valence-electron chi connectivity index (χ4n) is 4.90. The first-order valence-corrected chi connectivity index (χ1v) is 12.0. The van der Waals surface area contributed by atoms with Crippen molar-refractivity contribution in [2.45, 2.75) is 65.7 Å². The molecule has 1 atom stereocenters. The van der Waals surface area contributed by atoms with E-state index in [0.29, 0.717) is 11.3 Å². The maximum absolute atomic E-state index is 11.8. The molecule has 1 saturated heterocycles. The fourth-order valence-corrected chi connectivity index (χ4v) is 6.20. The number of thiophene rings is 1. The van der Waals surface area contributed by atoms with Crippen LogP contribution in [0.4, 0.5) is 5.82 Å². The highest BCUT2D eigenvalue weighted by Crippen LogP contribution is 2.47. The number of rotatable bonds is 2. The van der Waals surface area contributed by atoms with E-state index in [1.807, 2.05) is 16.2 Å². The Morgan fingerprint density at radius 2 is 1.79 bits per heavy atom. The summed E-state index contributed by atoms with van der Waals surface area (Å²) in [7, 11) is 0. The first-order valence-electron chi connectivity index (χ1n) is 11.1. The van der Waals surface area contributed by atoms with Crippen LogP contribution in [-0.2, 0) is 17.6 Å². The molecule has 6 heteroatoms. The highest BCUT2D eigenvalue weighted by Gasteiger charge is 2.35. The van der Waals surface area contributed by atoms with Gasteiger partial charge in [0.2, 0.25) is 5.91 Å². The topological polar surface area (TPSA) is 49.3 Å². The molecule has 5 rings (SSSR count). The fraction of sp³-hybridized carbons (Fsp3) is 0.696. The van der Waals surface area contributed by atoms with E-state index < -0.39 is 0 Å².